The first-order chi connectivity index (χ1) is 14.6. The number of benzene rings is 2. The summed E-state index contributed by atoms with van der Waals surface area (Å²) in [5, 5.41) is 4.85. The molecule has 2 aromatic heterocycles. The number of aromatic nitrogens is 2. The van der Waals surface area contributed by atoms with Crippen molar-refractivity contribution in [3.05, 3.63) is 88.6 Å². The summed E-state index contributed by atoms with van der Waals surface area (Å²) in [7, 11) is 0. The third kappa shape index (κ3) is 4.33. The van der Waals surface area contributed by atoms with Crippen molar-refractivity contribution in [2.24, 2.45) is 5.10 Å². The predicted molar refractivity (Wildman–Crippen MR) is 117 cm³/mol. The Balaban J connectivity index is 1.56. The van der Waals surface area contributed by atoms with Gasteiger partial charge in [0.2, 0.25) is 0 Å². The zero-order valence-corrected chi connectivity index (χ0v) is 16.9. The van der Waals surface area contributed by atoms with E-state index >= 15 is 0 Å². The molecule has 30 heavy (non-hydrogen) atoms. The maximum atomic E-state index is 13.1. The number of para-hydroxylation sites is 2. The molecule has 150 valence electrons. The summed E-state index contributed by atoms with van der Waals surface area (Å²) in [6.45, 7) is 1.83. The Bertz CT molecular complexity index is 1280. The average molecular weight is 418 g/mol. The number of furan rings is 1. The largest absolute Gasteiger partial charge is 0.460 e. The van der Waals surface area contributed by atoms with E-state index in [1.54, 1.807) is 24.3 Å². The summed E-state index contributed by atoms with van der Waals surface area (Å²) >= 11 is 1.17. The highest BCUT2D eigenvalue weighted by Crippen LogP contribution is 2.21. The van der Waals surface area contributed by atoms with Gasteiger partial charge in [0.1, 0.15) is 11.5 Å². The van der Waals surface area contributed by atoms with E-state index in [2.05, 4.69) is 15.5 Å². The molecule has 2 heterocycles. The monoisotopic (exact) mass is 418 g/mol. The van der Waals surface area contributed by atoms with Crippen LogP contribution < -0.4 is 11.0 Å². The molecule has 0 fully saturated rings. The first kappa shape index (κ1) is 19.7. The number of amides is 1. The fourth-order valence-corrected chi connectivity index (χ4v) is 3.67. The third-order valence-corrected chi connectivity index (χ3v) is 5.17. The summed E-state index contributed by atoms with van der Waals surface area (Å²) in [5.74, 6) is 1.04. The van der Waals surface area contributed by atoms with Crippen LogP contribution in [0.25, 0.3) is 16.6 Å². The van der Waals surface area contributed by atoms with Gasteiger partial charge in [0.15, 0.2) is 5.16 Å². The summed E-state index contributed by atoms with van der Waals surface area (Å²) in [5.41, 5.74) is 3.55. The number of hydrogen-bond donors (Lipinski definition) is 1. The topological polar surface area (TPSA) is 89.5 Å². The van der Waals surface area contributed by atoms with Crippen molar-refractivity contribution in [3.63, 3.8) is 0 Å². The second-order valence-corrected chi connectivity index (χ2v) is 7.36. The SMILES string of the molecule is Cc1ccc(/C=N\NC(=O)CSc2nc3ccccc3c(=O)n2-c2ccccc2)o1. The molecule has 0 aliphatic heterocycles. The molecule has 7 nitrogen and oxygen atoms in total. The Labute approximate surface area is 176 Å². The molecule has 0 aliphatic rings. The van der Waals surface area contributed by atoms with Crippen molar-refractivity contribution in [1.29, 1.82) is 0 Å². The lowest BCUT2D eigenvalue weighted by Gasteiger charge is -2.12. The number of nitrogens with one attached hydrogen (secondary N) is 1. The van der Waals surface area contributed by atoms with Crippen molar-refractivity contribution < 1.29 is 9.21 Å². The van der Waals surface area contributed by atoms with E-state index in [-0.39, 0.29) is 17.2 Å². The van der Waals surface area contributed by atoms with Crippen molar-refractivity contribution in [2.75, 3.05) is 5.75 Å². The lowest BCUT2D eigenvalue weighted by Crippen LogP contribution is -2.24. The van der Waals surface area contributed by atoms with E-state index in [1.807, 2.05) is 49.4 Å². The van der Waals surface area contributed by atoms with E-state index in [4.69, 9.17) is 4.42 Å². The summed E-state index contributed by atoms with van der Waals surface area (Å²) in [6.07, 6.45) is 1.43. The van der Waals surface area contributed by atoms with Gasteiger partial charge in [0, 0.05) is 0 Å². The van der Waals surface area contributed by atoms with Gasteiger partial charge in [0.25, 0.3) is 11.5 Å². The number of carbonyl (C=O) groups is 1. The predicted octanol–water partition coefficient (Wildman–Crippen LogP) is 3.53. The van der Waals surface area contributed by atoms with Gasteiger partial charge < -0.3 is 4.42 Å². The number of hydrazone groups is 1. The van der Waals surface area contributed by atoms with E-state index in [9.17, 15) is 9.59 Å². The highest BCUT2D eigenvalue weighted by Gasteiger charge is 2.14. The lowest BCUT2D eigenvalue weighted by atomic mass is 10.2. The summed E-state index contributed by atoms with van der Waals surface area (Å²) < 4.78 is 6.88. The van der Waals surface area contributed by atoms with Crippen molar-refractivity contribution >= 4 is 34.8 Å². The molecule has 0 unspecified atom stereocenters. The summed E-state index contributed by atoms with van der Waals surface area (Å²) in [6, 6.07) is 20.0. The Kier molecular flexibility index (Phi) is 5.76. The number of aryl methyl sites for hydroxylation is 1. The van der Waals surface area contributed by atoms with Gasteiger partial charge in [-0.1, -0.05) is 42.1 Å². The zero-order chi connectivity index (χ0) is 20.9. The molecule has 0 spiro atoms. The van der Waals surface area contributed by atoms with Crippen LogP contribution in [-0.4, -0.2) is 27.4 Å². The second kappa shape index (κ2) is 8.79. The van der Waals surface area contributed by atoms with Crippen LogP contribution in [0.4, 0.5) is 0 Å². The molecule has 0 radical (unpaired) electrons. The van der Waals surface area contributed by atoms with Crippen LogP contribution in [0.2, 0.25) is 0 Å². The van der Waals surface area contributed by atoms with Crippen LogP contribution in [0, 0.1) is 6.92 Å². The normalized spacial score (nSPS) is 11.2. The average Bonchev–Trinajstić information content (AvgIpc) is 3.18. The summed E-state index contributed by atoms with van der Waals surface area (Å²) in [4.78, 5) is 29.9. The first-order valence-electron chi connectivity index (χ1n) is 9.20. The van der Waals surface area contributed by atoms with Crippen molar-refractivity contribution in [2.45, 2.75) is 12.1 Å². The number of rotatable bonds is 6. The standard InChI is InChI=1S/C22H18N4O3S/c1-15-11-12-17(29-15)13-23-25-20(27)14-30-22-24-19-10-6-5-9-18(19)21(28)26(22)16-7-3-2-4-8-16/h2-13H,14H2,1H3,(H,25,27)/b23-13-. The molecule has 1 N–H and O–H groups in total. The van der Waals surface area contributed by atoms with Crippen molar-refractivity contribution in [3.8, 4) is 5.69 Å². The Morgan fingerprint density at radius 3 is 2.67 bits per heavy atom. The van der Waals surface area contributed by atoms with Gasteiger partial charge in [-0.2, -0.15) is 5.10 Å². The number of nitrogens with zero attached hydrogens (tertiary/aromatic N) is 3. The molecule has 1 amide bonds. The van der Waals surface area contributed by atoms with E-state index < -0.39 is 0 Å². The number of carbonyl (C=O) groups excluding carboxylic acids is 1. The van der Waals surface area contributed by atoms with Gasteiger partial charge in [-0.15, -0.1) is 0 Å². The quantitative estimate of drug-likeness (QED) is 0.224. The lowest BCUT2D eigenvalue weighted by molar-refractivity contribution is -0.118. The number of fused-ring (bicyclic) bond motifs is 1. The van der Waals surface area contributed by atoms with Crippen LogP contribution >= 0.6 is 11.8 Å². The maximum absolute atomic E-state index is 13.1. The zero-order valence-electron chi connectivity index (χ0n) is 16.1. The molecule has 0 saturated carbocycles. The van der Waals surface area contributed by atoms with E-state index in [0.717, 1.165) is 5.76 Å². The smallest absolute Gasteiger partial charge is 0.266 e. The van der Waals surface area contributed by atoms with Gasteiger partial charge in [-0.3, -0.25) is 14.2 Å². The minimum atomic E-state index is -0.318. The van der Waals surface area contributed by atoms with Crippen LogP contribution in [-0.2, 0) is 4.79 Å². The van der Waals surface area contributed by atoms with Crippen LogP contribution in [0.1, 0.15) is 11.5 Å². The molecular formula is C22H18N4O3S. The third-order valence-electron chi connectivity index (χ3n) is 4.23. The molecule has 4 rings (SSSR count). The van der Waals surface area contributed by atoms with Gasteiger partial charge in [0.05, 0.1) is 28.6 Å². The first-order valence-corrected chi connectivity index (χ1v) is 10.2. The molecular weight excluding hydrogens is 400 g/mol. The fourth-order valence-electron chi connectivity index (χ4n) is 2.87. The van der Waals surface area contributed by atoms with Gasteiger partial charge >= 0.3 is 0 Å². The molecule has 0 atom stereocenters. The second-order valence-electron chi connectivity index (χ2n) is 6.42. The molecule has 0 aliphatic carbocycles. The Hall–Kier alpha value is -3.65. The highest BCUT2D eigenvalue weighted by atomic mass is 32.2. The van der Waals surface area contributed by atoms with Crippen LogP contribution in [0.5, 0.6) is 0 Å². The van der Waals surface area contributed by atoms with Crippen molar-refractivity contribution in [1.82, 2.24) is 15.0 Å². The minimum Gasteiger partial charge on any atom is -0.460 e. The highest BCUT2D eigenvalue weighted by molar-refractivity contribution is 7.99. The molecule has 4 aromatic rings. The van der Waals surface area contributed by atoms with Gasteiger partial charge in [-0.25, -0.2) is 10.4 Å². The maximum Gasteiger partial charge on any atom is 0.266 e. The molecule has 8 heteroatoms. The molecule has 0 saturated heterocycles. The van der Waals surface area contributed by atoms with E-state index in [0.29, 0.717) is 27.5 Å². The molecule has 2 aromatic carbocycles. The Morgan fingerprint density at radius 1 is 1.13 bits per heavy atom. The van der Waals surface area contributed by atoms with Gasteiger partial charge in [-0.05, 0) is 43.3 Å². The number of thioether (sulfide) groups is 1. The van der Waals surface area contributed by atoms with E-state index in [1.165, 1.54) is 22.5 Å². The Morgan fingerprint density at radius 2 is 1.90 bits per heavy atom. The van der Waals surface area contributed by atoms with Crippen LogP contribution in [0.15, 0.2) is 86.2 Å². The molecule has 0 bridgehead atoms. The number of hydrogen-bond acceptors (Lipinski definition) is 6. The minimum absolute atomic E-state index is 0.0478. The van der Waals surface area contributed by atoms with Crippen LogP contribution in [0.3, 0.4) is 0 Å². The fraction of sp³-hybridized carbons (Fsp3) is 0.0909.